The van der Waals surface area contributed by atoms with Crippen LogP contribution in [-0.4, -0.2) is 53.9 Å². The van der Waals surface area contributed by atoms with Crippen molar-refractivity contribution in [2.75, 3.05) is 26.7 Å². The van der Waals surface area contributed by atoms with Crippen LogP contribution in [0.5, 0.6) is 0 Å². The van der Waals surface area contributed by atoms with E-state index < -0.39 is 5.41 Å². The molecule has 3 rings (SSSR count). The Kier molecular flexibility index (Phi) is 11.8. The lowest BCUT2D eigenvalue weighted by Crippen LogP contribution is -2.46. The largest absolute Gasteiger partial charge is 0.466 e. The van der Waals surface area contributed by atoms with Gasteiger partial charge in [-0.1, -0.05) is 79.1 Å². The van der Waals surface area contributed by atoms with Gasteiger partial charge in [0.25, 0.3) is 0 Å². The van der Waals surface area contributed by atoms with E-state index in [1.807, 2.05) is 25.3 Å². The Morgan fingerprint density at radius 2 is 1.64 bits per heavy atom. The molecular weight excluding hydrogens is 488 g/mol. The molecular formula is C33H54N2O4. The minimum Gasteiger partial charge on any atom is -0.466 e. The Morgan fingerprint density at radius 3 is 2.28 bits per heavy atom. The lowest BCUT2D eigenvalue weighted by atomic mass is 9.72. The monoisotopic (exact) mass is 542 g/mol. The number of ether oxygens (including phenoxy) is 1. The lowest BCUT2D eigenvalue weighted by molar-refractivity contribution is -0.144. The molecule has 0 saturated carbocycles. The van der Waals surface area contributed by atoms with Gasteiger partial charge in [-0.15, -0.1) is 0 Å². The van der Waals surface area contributed by atoms with Crippen molar-refractivity contribution in [3.63, 3.8) is 0 Å². The number of ketones is 1. The van der Waals surface area contributed by atoms with Crippen molar-refractivity contribution in [1.82, 2.24) is 9.47 Å². The van der Waals surface area contributed by atoms with Crippen LogP contribution in [0.15, 0.2) is 0 Å². The summed E-state index contributed by atoms with van der Waals surface area (Å²) < 4.78 is 7.40. The first kappa shape index (κ1) is 31.6. The van der Waals surface area contributed by atoms with E-state index >= 15 is 0 Å². The van der Waals surface area contributed by atoms with Crippen LogP contribution in [0, 0.1) is 24.2 Å². The molecule has 2 aliphatic rings. The Labute approximate surface area is 237 Å². The number of nitrogens with zero attached hydrogens (tertiary/aromatic N) is 2. The third-order valence-electron chi connectivity index (χ3n) is 9.24. The Hall–Kier alpha value is -1.95. The Bertz CT molecular complexity index is 992. The Balaban J connectivity index is 1.53. The van der Waals surface area contributed by atoms with Gasteiger partial charge in [-0.2, -0.15) is 0 Å². The Morgan fingerprint density at radius 1 is 1.00 bits per heavy atom. The van der Waals surface area contributed by atoms with Crippen LogP contribution in [-0.2, 0) is 22.4 Å². The summed E-state index contributed by atoms with van der Waals surface area (Å²) in [7, 11) is 2.09. The maximum absolute atomic E-state index is 13.9. The molecule has 0 bridgehead atoms. The number of hydrogen-bond donors (Lipinski definition) is 0. The molecule has 6 heteroatoms. The highest BCUT2D eigenvalue weighted by Crippen LogP contribution is 2.40. The smallest absolute Gasteiger partial charge is 0.305 e. The summed E-state index contributed by atoms with van der Waals surface area (Å²) in [4.78, 5) is 42.1. The highest BCUT2D eigenvalue weighted by Gasteiger charge is 2.44. The molecule has 1 aromatic rings. The fourth-order valence-electron chi connectivity index (χ4n) is 6.62. The van der Waals surface area contributed by atoms with Gasteiger partial charge in [-0.05, 0) is 64.1 Å². The van der Waals surface area contributed by atoms with Crippen LogP contribution in [0.4, 0.5) is 0 Å². The number of esters is 1. The fraction of sp³-hybridized carbons (Fsp3) is 0.788. The van der Waals surface area contributed by atoms with Crippen LogP contribution >= 0.6 is 0 Å². The fourth-order valence-corrected chi connectivity index (χ4v) is 6.62. The van der Waals surface area contributed by atoms with E-state index in [0.29, 0.717) is 18.8 Å². The second-order valence-corrected chi connectivity index (χ2v) is 12.8. The molecule has 0 N–H and O–H groups in total. The molecule has 1 saturated heterocycles. The van der Waals surface area contributed by atoms with Crippen molar-refractivity contribution in [3.05, 3.63) is 22.5 Å². The third-order valence-corrected chi connectivity index (χ3v) is 9.24. The summed E-state index contributed by atoms with van der Waals surface area (Å²) in [5, 5.41) is 0. The molecule has 2 heterocycles. The molecule has 1 fully saturated rings. The molecule has 0 spiro atoms. The number of Topliss-reactive ketones (excluding diaryl/α,β-unsaturated/α-hetero) is 1. The summed E-state index contributed by atoms with van der Waals surface area (Å²) in [5.41, 5.74) is 2.96. The number of rotatable bonds is 15. The molecule has 0 radical (unpaired) electrons. The number of carbonyl (C=O) groups is 3. The predicted octanol–water partition coefficient (Wildman–Crippen LogP) is 7.19. The number of piperidine rings is 1. The van der Waals surface area contributed by atoms with Crippen LogP contribution < -0.4 is 0 Å². The zero-order valence-electron chi connectivity index (χ0n) is 25.7. The maximum atomic E-state index is 13.9. The van der Waals surface area contributed by atoms with Gasteiger partial charge >= 0.3 is 5.97 Å². The van der Waals surface area contributed by atoms with Gasteiger partial charge in [0.15, 0.2) is 5.78 Å². The molecule has 0 unspecified atom stereocenters. The van der Waals surface area contributed by atoms with Crippen LogP contribution in [0.1, 0.15) is 137 Å². The van der Waals surface area contributed by atoms with Gasteiger partial charge in [0, 0.05) is 41.2 Å². The number of carbonyl (C=O) groups excluding carboxylic acids is 3. The molecule has 0 amide bonds. The van der Waals surface area contributed by atoms with Gasteiger partial charge in [-0.3, -0.25) is 19.0 Å². The van der Waals surface area contributed by atoms with E-state index in [1.165, 1.54) is 44.9 Å². The normalized spacial score (nSPS) is 19.6. The van der Waals surface area contributed by atoms with Crippen molar-refractivity contribution in [3.8, 4) is 0 Å². The summed E-state index contributed by atoms with van der Waals surface area (Å²) in [6.45, 7) is 12.2. The maximum Gasteiger partial charge on any atom is 0.305 e. The molecule has 1 aromatic heterocycles. The van der Waals surface area contributed by atoms with Gasteiger partial charge in [0.05, 0.1) is 6.61 Å². The lowest BCUT2D eigenvalue weighted by Gasteiger charge is -2.39. The third kappa shape index (κ3) is 7.83. The first-order chi connectivity index (χ1) is 18.6. The number of hydrogen-bond acceptors (Lipinski definition) is 5. The average Bonchev–Trinajstić information content (AvgIpc) is 3.18. The van der Waals surface area contributed by atoms with E-state index in [-0.39, 0.29) is 30.2 Å². The quantitative estimate of drug-likeness (QED) is 0.173. The van der Waals surface area contributed by atoms with Crippen molar-refractivity contribution in [1.29, 1.82) is 0 Å². The summed E-state index contributed by atoms with van der Waals surface area (Å²) in [6, 6.07) is 0. The van der Waals surface area contributed by atoms with Gasteiger partial charge in [-0.25, -0.2) is 0 Å². The number of aromatic nitrogens is 1. The topological polar surface area (TPSA) is 68.6 Å². The highest BCUT2D eigenvalue weighted by atomic mass is 16.5. The average molecular weight is 543 g/mol. The van der Waals surface area contributed by atoms with E-state index in [9.17, 15) is 14.4 Å². The van der Waals surface area contributed by atoms with Crippen molar-refractivity contribution in [2.24, 2.45) is 17.3 Å². The number of likely N-dealkylation sites (tertiary alicyclic amines) is 1. The standard InChI is InChI=1S/C33H54N2O4/c1-7-9-10-11-12-13-14-15-16-17-29(36)39-21-19-33(4,5)32(38)35-24(3)26(8-2)30-28(35)22-25-18-20-34(6)23-27(25)31(30)37/h25,27H,7-23H2,1-6H3/t25-,27+/m0/s1. The summed E-state index contributed by atoms with van der Waals surface area (Å²) >= 11 is 0. The SMILES string of the molecule is CCCCCCCCCCCC(=O)OCCC(C)(C)C(=O)n1c(C)c(CC)c2c1C[C@@H]1CCN(C)C[C@H]1C2=O. The minimum atomic E-state index is -0.701. The van der Waals surface area contributed by atoms with Crippen LogP contribution in [0.2, 0.25) is 0 Å². The highest BCUT2D eigenvalue weighted by molar-refractivity contribution is 6.04. The summed E-state index contributed by atoms with van der Waals surface area (Å²) in [5.74, 6) is 0.400. The first-order valence-corrected chi connectivity index (χ1v) is 15.8. The predicted molar refractivity (Wildman–Crippen MR) is 158 cm³/mol. The van der Waals surface area contributed by atoms with Gasteiger partial charge in [0.1, 0.15) is 0 Å². The molecule has 1 aliphatic heterocycles. The van der Waals surface area contributed by atoms with Gasteiger partial charge in [0.2, 0.25) is 5.91 Å². The van der Waals surface area contributed by atoms with Crippen LogP contribution in [0.3, 0.4) is 0 Å². The molecule has 0 aromatic carbocycles. The van der Waals surface area contributed by atoms with Crippen molar-refractivity contribution in [2.45, 2.75) is 125 Å². The molecule has 1 aliphatic carbocycles. The second-order valence-electron chi connectivity index (χ2n) is 12.8. The number of fused-ring (bicyclic) bond motifs is 2. The van der Waals surface area contributed by atoms with Crippen molar-refractivity contribution >= 4 is 17.7 Å². The van der Waals surface area contributed by atoms with E-state index in [1.54, 1.807) is 0 Å². The zero-order valence-corrected chi connectivity index (χ0v) is 25.7. The number of unbranched alkanes of at least 4 members (excludes halogenated alkanes) is 8. The zero-order chi connectivity index (χ0) is 28.6. The molecule has 39 heavy (non-hydrogen) atoms. The minimum absolute atomic E-state index is 0.00473. The van der Waals surface area contributed by atoms with E-state index in [2.05, 4.69) is 25.8 Å². The van der Waals surface area contributed by atoms with Crippen molar-refractivity contribution < 1.29 is 19.1 Å². The van der Waals surface area contributed by atoms with Crippen LogP contribution in [0.25, 0.3) is 0 Å². The first-order valence-electron chi connectivity index (χ1n) is 15.8. The van der Waals surface area contributed by atoms with E-state index in [0.717, 1.165) is 67.7 Å². The summed E-state index contributed by atoms with van der Waals surface area (Å²) in [6.07, 6.45) is 14.4. The molecule has 6 nitrogen and oxygen atoms in total. The second kappa shape index (κ2) is 14.6. The van der Waals surface area contributed by atoms with Gasteiger partial charge < -0.3 is 9.64 Å². The molecule has 2 atom stereocenters. The molecule has 220 valence electrons. The van der Waals surface area contributed by atoms with E-state index in [4.69, 9.17) is 4.74 Å².